The minimum Gasteiger partial charge on any atom is -0.493 e. The van der Waals surface area contributed by atoms with E-state index in [0.717, 1.165) is 5.56 Å². The average Bonchev–Trinajstić information content (AvgIpc) is 3.12. The minimum absolute atomic E-state index is 0.196. The van der Waals surface area contributed by atoms with Crippen molar-refractivity contribution < 1.29 is 28.5 Å². The molecular formula is C26H24O6. The fourth-order valence-corrected chi connectivity index (χ4v) is 3.49. The lowest BCUT2D eigenvalue weighted by Gasteiger charge is -2.14. The van der Waals surface area contributed by atoms with Crippen molar-refractivity contribution in [1.29, 1.82) is 0 Å². The highest BCUT2D eigenvalue weighted by atomic mass is 16.5. The molecule has 0 saturated carbocycles. The maximum atomic E-state index is 12.9. The Kier molecular flexibility index (Phi) is 6.03. The van der Waals surface area contributed by atoms with Crippen molar-refractivity contribution in [3.05, 3.63) is 82.6 Å². The molecule has 0 atom stereocenters. The normalized spacial score (nSPS) is 13.5. The molecule has 1 aliphatic rings. The van der Waals surface area contributed by atoms with E-state index in [4.69, 9.17) is 23.7 Å². The number of fused-ring (bicyclic) bond motifs is 1. The third-order valence-corrected chi connectivity index (χ3v) is 5.19. The summed E-state index contributed by atoms with van der Waals surface area (Å²) in [5, 5.41) is 0. The number of hydrogen-bond donors (Lipinski definition) is 0. The van der Waals surface area contributed by atoms with E-state index in [-0.39, 0.29) is 11.5 Å². The zero-order valence-electron chi connectivity index (χ0n) is 18.4. The Labute approximate surface area is 186 Å². The van der Waals surface area contributed by atoms with E-state index in [1.54, 1.807) is 43.5 Å². The third-order valence-electron chi connectivity index (χ3n) is 5.19. The number of benzene rings is 3. The van der Waals surface area contributed by atoms with Crippen LogP contribution in [0.25, 0.3) is 6.08 Å². The summed E-state index contributed by atoms with van der Waals surface area (Å²) in [6, 6.07) is 16.9. The molecule has 0 unspecified atom stereocenters. The second-order valence-electron chi connectivity index (χ2n) is 7.30. The number of rotatable bonds is 7. The van der Waals surface area contributed by atoms with E-state index < -0.39 is 0 Å². The third kappa shape index (κ3) is 4.12. The molecule has 0 aliphatic carbocycles. The van der Waals surface area contributed by atoms with Gasteiger partial charge < -0.3 is 23.7 Å². The van der Waals surface area contributed by atoms with Crippen molar-refractivity contribution in [3.8, 4) is 28.7 Å². The Morgan fingerprint density at radius 3 is 2.31 bits per heavy atom. The lowest BCUT2D eigenvalue weighted by atomic mass is 10.1. The van der Waals surface area contributed by atoms with Crippen LogP contribution in [0.4, 0.5) is 0 Å². The van der Waals surface area contributed by atoms with Gasteiger partial charge in [-0.25, -0.2) is 0 Å². The van der Waals surface area contributed by atoms with Crippen LogP contribution in [0.5, 0.6) is 28.7 Å². The van der Waals surface area contributed by atoms with Crippen molar-refractivity contribution >= 4 is 11.9 Å². The number of carbonyl (C=O) groups is 1. The number of hydrogen-bond acceptors (Lipinski definition) is 6. The molecule has 32 heavy (non-hydrogen) atoms. The van der Waals surface area contributed by atoms with Crippen LogP contribution < -0.4 is 23.7 Å². The summed E-state index contributed by atoms with van der Waals surface area (Å²) in [5.41, 5.74) is 3.38. The van der Waals surface area contributed by atoms with Gasteiger partial charge in [-0.2, -0.15) is 0 Å². The zero-order valence-corrected chi connectivity index (χ0v) is 18.4. The first-order valence-corrected chi connectivity index (χ1v) is 10.1. The molecule has 3 aromatic rings. The fourth-order valence-electron chi connectivity index (χ4n) is 3.49. The number of aryl methyl sites for hydroxylation is 1. The topological polar surface area (TPSA) is 63.2 Å². The van der Waals surface area contributed by atoms with Crippen molar-refractivity contribution in [1.82, 2.24) is 0 Å². The molecule has 0 amide bonds. The highest BCUT2D eigenvalue weighted by Crippen LogP contribution is 2.42. The van der Waals surface area contributed by atoms with Gasteiger partial charge >= 0.3 is 0 Å². The summed E-state index contributed by atoms with van der Waals surface area (Å²) >= 11 is 0. The fraction of sp³-hybridized carbons (Fsp3) is 0.192. The molecule has 0 fully saturated rings. The van der Waals surface area contributed by atoms with Crippen LogP contribution in [0.1, 0.15) is 27.0 Å². The quantitative estimate of drug-likeness (QED) is 0.477. The average molecular weight is 432 g/mol. The van der Waals surface area contributed by atoms with E-state index in [0.29, 0.717) is 46.5 Å². The smallest absolute Gasteiger partial charge is 0.231 e. The van der Waals surface area contributed by atoms with Crippen LogP contribution in [0.3, 0.4) is 0 Å². The largest absolute Gasteiger partial charge is 0.493 e. The maximum absolute atomic E-state index is 12.9. The van der Waals surface area contributed by atoms with Crippen LogP contribution in [-0.4, -0.2) is 27.1 Å². The molecule has 3 aromatic carbocycles. The van der Waals surface area contributed by atoms with Crippen LogP contribution in [-0.2, 0) is 6.61 Å². The van der Waals surface area contributed by atoms with E-state index in [2.05, 4.69) is 0 Å². The summed E-state index contributed by atoms with van der Waals surface area (Å²) in [6.07, 6.45) is 1.63. The van der Waals surface area contributed by atoms with Gasteiger partial charge in [-0.05, 0) is 42.8 Å². The van der Waals surface area contributed by atoms with Gasteiger partial charge in [-0.15, -0.1) is 0 Å². The molecule has 1 heterocycles. The molecule has 0 N–H and O–H groups in total. The number of ketones is 1. The molecule has 6 heteroatoms. The van der Waals surface area contributed by atoms with Gasteiger partial charge in [0.2, 0.25) is 11.5 Å². The molecule has 164 valence electrons. The summed E-state index contributed by atoms with van der Waals surface area (Å²) in [6.45, 7) is 2.47. The van der Waals surface area contributed by atoms with Crippen LogP contribution in [0.2, 0.25) is 0 Å². The molecule has 4 rings (SSSR count). The molecule has 0 spiro atoms. The molecule has 0 saturated heterocycles. The summed E-state index contributed by atoms with van der Waals surface area (Å²) in [7, 11) is 4.61. The second-order valence-corrected chi connectivity index (χ2v) is 7.30. The predicted octanol–water partition coefficient (Wildman–Crippen LogP) is 5.22. The first-order valence-electron chi connectivity index (χ1n) is 10.1. The Hall–Kier alpha value is -3.93. The SMILES string of the molecule is COc1ccc(/C=C2\Oc3cc(OCc4ccc(C)cc4)ccc3C2=O)c(OC)c1OC. The van der Waals surface area contributed by atoms with Gasteiger partial charge in [0, 0.05) is 11.6 Å². The number of ether oxygens (including phenoxy) is 5. The lowest BCUT2D eigenvalue weighted by Crippen LogP contribution is -2.00. The van der Waals surface area contributed by atoms with Gasteiger partial charge in [0.05, 0.1) is 26.9 Å². The molecule has 0 aromatic heterocycles. The van der Waals surface area contributed by atoms with Crippen LogP contribution in [0, 0.1) is 6.92 Å². The number of carbonyl (C=O) groups excluding carboxylic acids is 1. The van der Waals surface area contributed by atoms with E-state index >= 15 is 0 Å². The predicted molar refractivity (Wildman–Crippen MR) is 121 cm³/mol. The molecule has 1 aliphatic heterocycles. The summed E-state index contributed by atoms with van der Waals surface area (Å²) in [4.78, 5) is 12.9. The highest BCUT2D eigenvalue weighted by Gasteiger charge is 2.28. The van der Waals surface area contributed by atoms with Gasteiger partial charge in [-0.3, -0.25) is 4.79 Å². The molecule has 6 nitrogen and oxygen atoms in total. The number of allylic oxidation sites excluding steroid dienone is 1. The van der Waals surface area contributed by atoms with Gasteiger partial charge in [0.1, 0.15) is 18.1 Å². The standard InChI is InChI=1S/C26H24O6/c1-16-5-7-17(8-6-16)15-31-19-10-11-20-22(14-19)32-23(24(20)27)13-18-9-12-21(28-2)26(30-4)25(18)29-3/h5-14H,15H2,1-4H3/b23-13-. The van der Waals surface area contributed by atoms with Gasteiger partial charge in [-0.1, -0.05) is 29.8 Å². The summed E-state index contributed by atoms with van der Waals surface area (Å²) < 4.78 is 28.0. The molecule has 0 bridgehead atoms. The molecular weight excluding hydrogens is 408 g/mol. The van der Waals surface area contributed by atoms with E-state index in [1.807, 2.05) is 31.2 Å². The van der Waals surface area contributed by atoms with E-state index in [1.165, 1.54) is 19.8 Å². The second kappa shape index (κ2) is 9.06. The first kappa shape index (κ1) is 21.3. The van der Waals surface area contributed by atoms with E-state index in [9.17, 15) is 4.79 Å². The Balaban J connectivity index is 1.57. The van der Waals surface area contributed by atoms with Crippen molar-refractivity contribution in [2.45, 2.75) is 13.5 Å². The monoisotopic (exact) mass is 432 g/mol. The maximum Gasteiger partial charge on any atom is 0.231 e. The number of Topliss-reactive ketones (excluding diaryl/α,β-unsaturated/α-hetero) is 1. The number of methoxy groups -OCH3 is 3. The molecule has 0 radical (unpaired) electrons. The van der Waals surface area contributed by atoms with Crippen molar-refractivity contribution in [2.75, 3.05) is 21.3 Å². The Morgan fingerprint density at radius 1 is 0.875 bits per heavy atom. The Bertz CT molecular complexity index is 1180. The van der Waals surface area contributed by atoms with Gasteiger partial charge in [0.25, 0.3) is 0 Å². The highest BCUT2D eigenvalue weighted by molar-refractivity contribution is 6.14. The van der Waals surface area contributed by atoms with Crippen molar-refractivity contribution in [3.63, 3.8) is 0 Å². The minimum atomic E-state index is -0.207. The van der Waals surface area contributed by atoms with Crippen LogP contribution >= 0.6 is 0 Å². The first-order chi connectivity index (χ1) is 15.5. The summed E-state index contributed by atoms with van der Waals surface area (Å²) in [5.74, 6) is 2.50. The Morgan fingerprint density at radius 2 is 1.62 bits per heavy atom. The van der Waals surface area contributed by atoms with Crippen LogP contribution in [0.15, 0.2) is 60.4 Å². The lowest BCUT2D eigenvalue weighted by molar-refractivity contribution is 0.101. The van der Waals surface area contributed by atoms with Gasteiger partial charge in [0.15, 0.2) is 17.3 Å². The zero-order chi connectivity index (χ0) is 22.7. The van der Waals surface area contributed by atoms with Crippen molar-refractivity contribution in [2.24, 2.45) is 0 Å².